The summed E-state index contributed by atoms with van der Waals surface area (Å²) in [7, 11) is 1.97. The van der Waals surface area contributed by atoms with E-state index in [1.807, 2.05) is 24.0 Å². The zero-order chi connectivity index (χ0) is 21.2. The molecule has 9 heteroatoms. The minimum Gasteiger partial charge on any atom is -0.352 e. The molecule has 0 radical (unpaired) electrons. The Morgan fingerprint density at radius 3 is 2.90 bits per heavy atom. The summed E-state index contributed by atoms with van der Waals surface area (Å²) in [5, 5.41) is 11.5. The monoisotopic (exact) mass is 424 g/mol. The van der Waals surface area contributed by atoms with Gasteiger partial charge in [-0.3, -0.25) is 20.1 Å². The van der Waals surface area contributed by atoms with E-state index in [1.54, 1.807) is 6.33 Å². The first kappa shape index (κ1) is 20.5. The third-order valence-corrected chi connectivity index (χ3v) is 7.21. The predicted molar refractivity (Wildman–Crippen MR) is 115 cm³/mol. The van der Waals surface area contributed by atoms with Gasteiger partial charge in [-0.15, -0.1) is 10.2 Å². The van der Waals surface area contributed by atoms with Crippen LogP contribution in [0.2, 0.25) is 0 Å². The molecule has 2 aliphatic heterocycles. The first-order valence-corrected chi connectivity index (χ1v) is 11.4. The van der Waals surface area contributed by atoms with E-state index in [0.717, 1.165) is 57.6 Å². The maximum Gasteiger partial charge on any atom is 0.223 e. The fourth-order valence-corrected chi connectivity index (χ4v) is 5.48. The molecule has 0 spiro atoms. The zero-order valence-electron chi connectivity index (χ0n) is 18.1. The number of hydrogen-bond donors (Lipinski definition) is 3. The summed E-state index contributed by atoms with van der Waals surface area (Å²) in [6.45, 7) is 2.69. The van der Waals surface area contributed by atoms with Gasteiger partial charge in [0.05, 0.1) is 12.6 Å². The second-order valence-electron chi connectivity index (χ2n) is 9.27. The third-order valence-electron chi connectivity index (χ3n) is 7.21. The van der Waals surface area contributed by atoms with Gasteiger partial charge in [0.25, 0.3) is 0 Å². The van der Waals surface area contributed by atoms with Gasteiger partial charge in [-0.25, -0.2) is 5.43 Å². The van der Waals surface area contributed by atoms with Crippen molar-refractivity contribution in [1.82, 2.24) is 40.8 Å². The maximum atomic E-state index is 13.2. The second kappa shape index (κ2) is 9.02. The van der Waals surface area contributed by atoms with E-state index >= 15 is 0 Å². The maximum absolute atomic E-state index is 13.2. The number of nitrogens with one attached hydrogen (secondary N) is 3. The SMILES string of the molecule is Cn1cnnc1CN1CCC[C@@H](NC(=O)C2CCC3NNC(c4ccncc4)C3C2)C1. The Morgan fingerprint density at radius 1 is 1.23 bits per heavy atom. The lowest BCUT2D eigenvalue weighted by molar-refractivity contribution is -0.127. The second-order valence-corrected chi connectivity index (χ2v) is 9.27. The molecule has 4 unspecified atom stereocenters. The van der Waals surface area contributed by atoms with Crippen molar-refractivity contribution < 1.29 is 4.79 Å². The largest absolute Gasteiger partial charge is 0.352 e. The first-order valence-electron chi connectivity index (χ1n) is 11.4. The smallest absolute Gasteiger partial charge is 0.223 e. The molecule has 166 valence electrons. The van der Waals surface area contributed by atoms with Crippen molar-refractivity contribution in [3.05, 3.63) is 42.2 Å². The van der Waals surface area contributed by atoms with Gasteiger partial charge < -0.3 is 9.88 Å². The summed E-state index contributed by atoms with van der Waals surface area (Å²) in [6.07, 6.45) is 10.4. The molecule has 5 atom stereocenters. The van der Waals surface area contributed by atoms with Crippen LogP contribution in [0, 0.1) is 11.8 Å². The van der Waals surface area contributed by atoms with Crippen molar-refractivity contribution in [3.8, 4) is 0 Å². The minimum atomic E-state index is 0.0846. The number of amides is 1. The first-order chi connectivity index (χ1) is 15.2. The van der Waals surface area contributed by atoms with Gasteiger partial charge in [0.1, 0.15) is 12.2 Å². The molecule has 1 saturated carbocycles. The van der Waals surface area contributed by atoms with E-state index in [-0.39, 0.29) is 23.9 Å². The zero-order valence-corrected chi connectivity index (χ0v) is 18.1. The molecule has 0 aromatic carbocycles. The Balaban J connectivity index is 1.17. The molecule has 2 aromatic heterocycles. The van der Waals surface area contributed by atoms with Gasteiger partial charge in [0, 0.05) is 44.0 Å². The van der Waals surface area contributed by atoms with Crippen molar-refractivity contribution in [3.63, 3.8) is 0 Å². The number of aromatic nitrogens is 4. The number of carbonyl (C=O) groups is 1. The van der Waals surface area contributed by atoms with E-state index in [4.69, 9.17) is 0 Å². The Bertz CT molecular complexity index is 887. The highest BCUT2D eigenvalue weighted by Crippen LogP contribution is 2.40. The summed E-state index contributed by atoms with van der Waals surface area (Å²) in [5.74, 6) is 1.70. The van der Waals surface area contributed by atoms with Crippen LogP contribution in [-0.2, 0) is 18.4 Å². The molecule has 2 aromatic rings. The molecule has 2 saturated heterocycles. The highest BCUT2D eigenvalue weighted by atomic mass is 16.2. The van der Waals surface area contributed by atoms with Gasteiger partial charge in [0.2, 0.25) is 5.91 Å². The van der Waals surface area contributed by atoms with Crippen molar-refractivity contribution in [2.45, 2.75) is 56.8 Å². The number of hydrogen-bond acceptors (Lipinski definition) is 7. The highest BCUT2D eigenvalue weighted by Gasteiger charge is 2.43. The number of carbonyl (C=O) groups excluding carboxylic acids is 1. The van der Waals surface area contributed by atoms with Gasteiger partial charge >= 0.3 is 0 Å². The van der Waals surface area contributed by atoms with E-state index in [1.165, 1.54) is 5.56 Å². The third kappa shape index (κ3) is 4.49. The molecule has 31 heavy (non-hydrogen) atoms. The van der Waals surface area contributed by atoms with E-state index in [9.17, 15) is 4.79 Å². The summed E-state index contributed by atoms with van der Waals surface area (Å²) in [5.41, 5.74) is 8.15. The Morgan fingerprint density at radius 2 is 2.10 bits per heavy atom. The number of aryl methyl sites for hydroxylation is 1. The lowest BCUT2D eigenvalue weighted by Gasteiger charge is -2.36. The van der Waals surface area contributed by atoms with E-state index in [0.29, 0.717) is 12.0 Å². The van der Waals surface area contributed by atoms with Crippen LogP contribution in [0.1, 0.15) is 49.5 Å². The lowest BCUT2D eigenvalue weighted by atomic mass is 9.74. The van der Waals surface area contributed by atoms with E-state index in [2.05, 4.69) is 48.4 Å². The number of piperidine rings is 1. The van der Waals surface area contributed by atoms with Crippen LogP contribution in [0.15, 0.2) is 30.9 Å². The molecule has 1 amide bonds. The quantitative estimate of drug-likeness (QED) is 0.656. The molecule has 3 fully saturated rings. The number of nitrogens with zero attached hydrogens (tertiary/aromatic N) is 5. The van der Waals surface area contributed by atoms with Crippen LogP contribution in [0.3, 0.4) is 0 Å². The standard InChI is InChI=1S/C22H32N8O/c1-29-14-24-27-20(29)13-30-10-2-3-17(12-30)25-22(31)16-4-5-19-18(11-16)21(28-26-19)15-6-8-23-9-7-15/h6-9,14,16-19,21,26,28H,2-5,10-13H2,1H3,(H,25,31)/t16?,17-,18?,19?,21?/m1/s1. The number of hydrazine groups is 1. The highest BCUT2D eigenvalue weighted by molar-refractivity contribution is 5.79. The molecular formula is C22H32N8O. The van der Waals surface area contributed by atoms with Crippen molar-refractivity contribution in [1.29, 1.82) is 0 Å². The number of rotatable bonds is 5. The molecule has 0 bridgehead atoms. The Hall–Kier alpha value is -2.36. The van der Waals surface area contributed by atoms with Crippen molar-refractivity contribution in [2.75, 3.05) is 13.1 Å². The van der Waals surface area contributed by atoms with Crippen LogP contribution < -0.4 is 16.2 Å². The average Bonchev–Trinajstić information content (AvgIpc) is 3.40. The predicted octanol–water partition coefficient (Wildman–Crippen LogP) is 0.925. The molecule has 9 nitrogen and oxygen atoms in total. The normalized spacial score (nSPS) is 31.3. The van der Waals surface area contributed by atoms with Crippen LogP contribution in [-0.4, -0.2) is 55.7 Å². The summed E-state index contributed by atoms with van der Waals surface area (Å²) in [4.78, 5) is 19.7. The summed E-state index contributed by atoms with van der Waals surface area (Å²) in [6, 6.07) is 5.01. The Labute approximate surface area is 183 Å². The number of likely N-dealkylation sites (tertiary alicyclic amines) is 1. The van der Waals surface area contributed by atoms with Crippen molar-refractivity contribution in [2.24, 2.45) is 18.9 Å². The van der Waals surface area contributed by atoms with Gasteiger partial charge in [0.15, 0.2) is 0 Å². The topological polar surface area (TPSA) is 100 Å². The molecule has 4 heterocycles. The summed E-state index contributed by atoms with van der Waals surface area (Å²) < 4.78 is 1.96. The van der Waals surface area contributed by atoms with Gasteiger partial charge in [-0.2, -0.15) is 0 Å². The van der Waals surface area contributed by atoms with Crippen LogP contribution in [0.4, 0.5) is 0 Å². The van der Waals surface area contributed by atoms with Crippen LogP contribution in [0.25, 0.3) is 0 Å². The molecule has 3 N–H and O–H groups in total. The molecule has 5 rings (SSSR count). The molecule has 1 aliphatic carbocycles. The Kier molecular flexibility index (Phi) is 5.97. The average molecular weight is 425 g/mol. The fourth-order valence-electron chi connectivity index (χ4n) is 5.48. The van der Waals surface area contributed by atoms with Gasteiger partial charge in [-0.05, 0) is 62.3 Å². The number of pyridine rings is 1. The molecule has 3 aliphatic rings. The lowest BCUT2D eigenvalue weighted by Crippen LogP contribution is -2.50. The summed E-state index contributed by atoms with van der Waals surface area (Å²) >= 11 is 0. The van der Waals surface area contributed by atoms with Crippen LogP contribution >= 0.6 is 0 Å². The van der Waals surface area contributed by atoms with Gasteiger partial charge in [-0.1, -0.05) is 0 Å². The van der Waals surface area contributed by atoms with E-state index < -0.39 is 0 Å². The minimum absolute atomic E-state index is 0.0846. The fraction of sp³-hybridized carbons (Fsp3) is 0.636. The molecular weight excluding hydrogens is 392 g/mol. The number of fused-ring (bicyclic) bond motifs is 1. The van der Waals surface area contributed by atoms with Crippen LogP contribution in [0.5, 0.6) is 0 Å². The van der Waals surface area contributed by atoms with Crippen molar-refractivity contribution >= 4 is 5.91 Å².